The number of fused-ring (bicyclic) bond motifs is 1. The third-order valence-electron chi connectivity index (χ3n) is 6.37. The van der Waals surface area contributed by atoms with E-state index in [0.717, 1.165) is 11.3 Å². The van der Waals surface area contributed by atoms with E-state index in [1.807, 2.05) is 5.32 Å². The van der Waals surface area contributed by atoms with Crippen LogP contribution in [0.5, 0.6) is 0 Å². The summed E-state index contributed by atoms with van der Waals surface area (Å²) in [4.78, 5) is 24.1. The highest BCUT2D eigenvalue weighted by molar-refractivity contribution is 7.91. The van der Waals surface area contributed by atoms with Crippen molar-refractivity contribution < 1.29 is 44.3 Å². The van der Waals surface area contributed by atoms with Crippen LogP contribution in [-0.4, -0.2) is 50.2 Å². The molecule has 3 aliphatic carbocycles. The molecule has 1 aromatic rings. The van der Waals surface area contributed by atoms with Crippen molar-refractivity contribution in [1.82, 2.24) is 5.32 Å². The van der Waals surface area contributed by atoms with Crippen LogP contribution in [0.3, 0.4) is 0 Å². The molecule has 33 heavy (non-hydrogen) atoms. The molecule has 0 aliphatic heterocycles. The third-order valence-corrected chi connectivity index (χ3v) is 9.81. The van der Waals surface area contributed by atoms with Gasteiger partial charge >= 0.3 is 12.1 Å². The second kappa shape index (κ2) is 8.24. The number of Topliss-reactive ketones (excluding diaryl/α,β-unsaturated/α-hetero) is 1. The summed E-state index contributed by atoms with van der Waals surface area (Å²) in [6, 6.07) is -0.967. The van der Waals surface area contributed by atoms with Crippen molar-refractivity contribution in [2.24, 2.45) is 11.8 Å². The van der Waals surface area contributed by atoms with Crippen molar-refractivity contribution in [3.05, 3.63) is 15.3 Å². The first kappa shape index (κ1) is 24.5. The van der Waals surface area contributed by atoms with Gasteiger partial charge in [-0.1, -0.05) is 0 Å². The van der Waals surface area contributed by atoms with Gasteiger partial charge in [0.1, 0.15) is 12.0 Å². The summed E-state index contributed by atoms with van der Waals surface area (Å²) < 4.78 is 104. The van der Waals surface area contributed by atoms with Crippen LogP contribution < -0.4 is 5.32 Å². The fourth-order valence-electron chi connectivity index (χ4n) is 4.51. The van der Waals surface area contributed by atoms with Gasteiger partial charge in [-0.2, -0.15) is 13.2 Å². The Labute approximate surface area is 189 Å². The number of halogens is 6. The molecule has 0 spiro atoms. The zero-order valence-corrected chi connectivity index (χ0v) is 18.8. The molecule has 0 unspecified atom stereocenters. The van der Waals surface area contributed by atoms with Crippen LogP contribution in [0, 0.1) is 11.8 Å². The van der Waals surface area contributed by atoms with Crippen LogP contribution in [0.4, 0.5) is 26.3 Å². The number of hydrogen-bond acceptors (Lipinski definition) is 5. The van der Waals surface area contributed by atoms with E-state index in [4.69, 9.17) is 0 Å². The number of hydrogen-bond donors (Lipinski definition) is 1. The van der Waals surface area contributed by atoms with Gasteiger partial charge < -0.3 is 5.32 Å². The molecular weight excluding hydrogens is 496 g/mol. The minimum absolute atomic E-state index is 0.0678. The van der Waals surface area contributed by atoms with E-state index in [2.05, 4.69) is 0 Å². The maximum Gasteiger partial charge on any atom is 0.471 e. The SMILES string of the molecule is O=C(Cc1sc2c(c1S(=O)(=O)CC1CC(F)C1)C[C@@H](NC(=O)C(F)(F)F)CC2)[C@H]1CC1(F)F. The van der Waals surface area contributed by atoms with E-state index in [0.29, 0.717) is 4.88 Å². The molecule has 1 heterocycles. The van der Waals surface area contributed by atoms with Gasteiger partial charge in [-0.25, -0.2) is 21.6 Å². The fourth-order valence-corrected chi connectivity index (χ4v) is 8.40. The number of sulfone groups is 1. The molecule has 0 saturated heterocycles. The number of nitrogens with one attached hydrogen (secondary N) is 1. The second-order valence-corrected chi connectivity index (χ2v) is 12.2. The van der Waals surface area contributed by atoms with Crippen molar-refractivity contribution in [3.8, 4) is 0 Å². The molecule has 0 bridgehead atoms. The van der Waals surface area contributed by atoms with E-state index in [1.54, 1.807) is 0 Å². The van der Waals surface area contributed by atoms with Crippen LogP contribution in [0.2, 0.25) is 0 Å². The number of rotatable bonds is 7. The van der Waals surface area contributed by atoms with E-state index < -0.39 is 76.3 Å². The third kappa shape index (κ3) is 5.08. The van der Waals surface area contributed by atoms with Crippen LogP contribution >= 0.6 is 11.3 Å². The molecule has 2 fully saturated rings. The number of thiophene rings is 1. The van der Waals surface area contributed by atoms with Crippen LogP contribution in [-0.2, 0) is 38.7 Å². The van der Waals surface area contributed by atoms with E-state index in [-0.39, 0.29) is 47.4 Å². The smallest absolute Gasteiger partial charge is 0.345 e. The van der Waals surface area contributed by atoms with E-state index in [1.165, 1.54) is 0 Å². The highest BCUT2D eigenvalue weighted by Crippen LogP contribution is 2.50. The predicted octanol–water partition coefficient (Wildman–Crippen LogP) is 3.57. The monoisotopic (exact) mass is 517 g/mol. The molecule has 1 aromatic heterocycles. The molecule has 4 rings (SSSR count). The number of alkyl halides is 6. The molecule has 0 aromatic carbocycles. The van der Waals surface area contributed by atoms with Crippen molar-refractivity contribution in [2.45, 2.75) is 74.2 Å². The molecule has 3 aliphatic rings. The summed E-state index contributed by atoms with van der Waals surface area (Å²) in [5, 5.41) is 1.87. The van der Waals surface area contributed by atoms with Crippen molar-refractivity contribution in [1.29, 1.82) is 0 Å². The molecule has 2 saturated carbocycles. The first-order chi connectivity index (χ1) is 15.2. The first-order valence-corrected chi connectivity index (χ1v) is 12.9. The van der Waals surface area contributed by atoms with Gasteiger partial charge in [0.2, 0.25) is 0 Å². The van der Waals surface area contributed by atoms with Crippen LogP contribution in [0.25, 0.3) is 0 Å². The minimum Gasteiger partial charge on any atom is -0.345 e. The summed E-state index contributed by atoms with van der Waals surface area (Å²) in [5.74, 6) is -8.32. The second-order valence-electron chi connectivity index (χ2n) is 9.04. The quantitative estimate of drug-likeness (QED) is 0.561. The Kier molecular flexibility index (Phi) is 6.12. The highest BCUT2D eigenvalue weighted by Gasteiger charge is 2.60. The fraction of sp³-hybridized carbons (Fsp3) is 0.700. The lowest BCUT2D eigenvalue weighted by Crippen LogP contribution is -2.45. The van der Waals surface area contributed by atoms with Gasteiger partial charge in [0.05, 0.1) is 16.6 Å². The molecule has 184 valence electrons. The normalized spacial score (nSPS) is 28.5. The number of aryl methyl sites for hydroxylation is 1. The lowest BCUT2D eigenvalue weighted by Gasteiger charge is -2.30. The van der Waals surface area contributed by atoms with Crippen molar-refractivity contribution in [2.75, 3.05) is 5.75 Å². The van der Waals surface area contributed by atoms with Crippen LogP contribution in [0.15, 0.2) is 4.90 Å². The van der Waals surface area contributed by atoms with Gasteiger partial charge in [-0.05, 0) is 43.6 Å². The van der Waals surface area contributed by atoms with E-state index >= 15 is 0 Å². The topological polar surface area (TPSA) is 80.3 Å². The summed E-state index contributed by atoms with van der Waals surface area (Å²) in [6.07, 6.45) is -7.04. The Morgan fingerprint density at radius 3 is 2.36 bits per heavy atom. The predicted molar refractivity (Wildman–Crippen MR) is 106 cm³/mol. The molecule has 2 atom stereocenters. The van der Waals surface area contributed by atoms with Crippen LogP contribution in [0.1, 0.15) is 41.0 Å². The first-order valence-electron chi connectivity index (χ1n) is 10.5. The van der Waals surface area contributed by atoms with Gasteiger partial charge in [-0.3, -0.25) is 9.59 Å². The molecule has 13 heteroatoms. The Hall–Kier alpha value is -1.63. The van der Waals surface area contributed by atoms with E-state index in [9.17, 15) is 44.3 Å². The zero-order valence-electron chi connectivity index (χ0n) is 17.2. The summed E-state index contributed by atoms with van der Waals surface area (Å²) >= 11 is 0.988. The molecular formula is C20H21F6NO4S2. The Bertz CT molecular complexity index is 1080. The number of amides is 1. The van der Waals surface area contributed by atoms with Gasteiger partial charge in [0, 0.05) is 28.6 Å². The summed E-state index contributed by atoms with van der Waals surface area (Å²) in [7, 11) is -4.06. The standard InChI is InChI=1S/C20H21F6NO4S2/c21-10-3-9(4-10)8-33(30,31)17-12-5-11(27-18(29)20(24,25)26)1-2-15(12)32-16(17)6-14(28)13-7-19(13,22)23/h9-11,13H,1-8H2,(H,27,29)/t9?,10?,11-,13+/m0/s1. The van der Waals surface area contributed by atoms with Gasteiger partial charge in [0.25, 0.3) is 5.92 Å². The largest absolute Gasteiger partial charge is 0.471 e. The Morgan fingerprint density at radius 1 is 1.18 bits per heavy atom. The van der Waals surface area contributed by atoms with Gasteiger partial charge in [-0.15, -0.1) is 11.3 Å². The highest BCUT2D eigenvalue weighted by atomic mass is 32.2. The van der Waals surface area contributed by atoms with Gasteiger partial charge in [0.15, 0.2) is 9.84 Å². The maximum absolute atomic E-state index is 13.3. The van der Waals surface area contributed by atoms with Crippen molar-refractivity contribution >= 4 is 32.9 Å². The Balaban J connectivity index is 1.62. The Morgan fingerprint density at radius 2 is 1.82 bits per heavy atom. The average molecular weight is 518 g/mol. The average Bonchev–Trinajstić information content (AvgIpc) is 3.14. The zero-order chi connectivity index (χ0) is 24.3. The molecule has 1 amide bonds. The maximum atomic E-state index is 13.3. The number of carbonyl (C=O) groups is 2. The number of carbonyl (C=O) groups excluding carboxylic acids is 2. The van der Waals surface area contributed by atoms with Crippen molar-refractivity contribution in [3.63, 3.8) is 0 Å². The molecule has 0 radical (unpaired) electrons. The lowest BCUT2D eigenvalue weighted by molar-refractivity contribution is -0.174. The lowest BCUT2D eigenvalue weighted by atomic mass is 9.85. The summed E-state index contributed by atoms with van der Waals surface area (Å²) in [5.41, 5.74) is 0.222. The number of ketones is 1. The summed E-state index contributed by atoms with van der Waals surface area (Å²) in [6.45, 7) is 0. The molecule has 5 nitrogen and oxygen atoms in total. The minimum atomic E-state index is -5.09. The molecule has 1 N–H and O–H groups in total.